The van der Waals surface area contributed by atoms with Gasteiger partial charge in [0.25, 0.3) is 5.91 Å². The zero-order chi connectivity index (χ0) is 17.5. The van der Waals surface area contributed by atoms with E-state index in [-0.39, 0.29) is 11.2 Å². The van der Waals surface area contributed by atoms with Crippen molar-refractivity contribution in [1.29, 1.82) is 0 Å². The highest BCUT2D eigenvalue weighted by Crippen LogP contribution is 2.24. The number of amides is 1. The number of hydrogen-bond donors (Lipinski definition) is 1. The van der Waals surface area contributed by atoms with Crippen molar-refractivity contribution in [1.82, 2.24) is 5.43 Å². The number of halogens is 1. The Labute approximate surface area is 152 Å². The van der Waals surface area contributed by atoms with Crippen molar-refractivity contribution in [2.75, 3.05) is 0 Å². The number of rotatable bonds is 6. The minimum absolute atomic E-state index is 0.118. The minimum atomic E-state index is -0.244. The van der Waals surface area contributed by atoms with Crippen molar-refractivity contribution in [2.45, 2.75) is 37.3 Å². The lowest BCUT2D eigenvalue weighted by Gasteiger charge is -2.11. The minimum Gasteiger partial charge on any atom is -0.272 e. The third-order valence-corrected chi connectivity index (χ3v) is 4.88. The van der Waals surface area contributed by atoms with Gasteiger partial charge >= 0.3 is 0 Å². The van der Waals surface area contributed by atoms with Gasteiger partial charge in [0.05, 0.1) is 11.0 Å². The summed E-state index contributed by atoms with van der Waals surface area (Å²) in [5.74, 6) is -0.118. The summed E-state index contributed by atoms with van der Waals surface area (Å²) >= 11 is 7.35. The lowest BCUT2D eigenvalue weighted by atomic mass is 10.1. The second-order valence-electron chi connectivity index (χ2n) is 5.47. The van der Waals surface area contributed by atoms with Gasteiger partial charge < -0.3 is 0 Å². The first-order valence-electron chi connectivity index (χ1n) is 7.85. The van der Waals surface area contributed by atoms with Crippen molar-refractivity contribution in [2.24, 2.45) is 5.10 Å². The topological polar surface area (TPSA) is 41.5 Å². The van der Waals surface area contributed by atoms with E-state index < -0.39 is 0 Å². The molecule has 2 aromatic rings. The first kappa shape index (κ1) is 18.6. The van der Waals surface area contributed by atoms with Gasteiger partial charge in [-0.3, -0.25) is 4.79 Å². The Balaban J connectivity index is 1.98. The molecule has 0 unspecified atom stereocenters. The van der Waals surface area contributed by atoms with E-state index in [0.29, 0.717) is 5.02 Å². The van der Waals surface area contributed by atoms with E-state index in [9.17, 15) is 4.79 Å². The molecule has 2 aromatic carbocycles. The van der Waals surface area contributed by atoms with E-state index in [1.165, 1.54) is 17.3 Å². The lowest BCUT2D eigenvalue weighted by Crippen LogP contribution is -2.28. The van der Waals surface area contributed by atoms with Crippen LogP contribution in [0.1, 0.15) is 31.4 Å². The van der Waals surface area contributed by atoms with Gasteiger partial charge in [-0.2, -0.15) is 5.10 Å². The fourth-order valence-electron chi connectivity index (χ4n) is 2.08. The Kier molecular flexibility index (Phi) is 6.88. The second-order valence-corrected chi connectivity index (χ2v) is 7.32. The molecule has 1 N–H and O–H groups in total. The highest BCUT2D eigenvalue weighted by molar-refractivity contribution is 8.00. The predicted octanol–water partition coefficient (Wildman–Crippen LogP) is 5.06. The summed E-state index contributed by atoms with van der Waals surface area (Å²) < 4.78 is 0. The predicted molar refractivity (Wildman–Crippen MR) is 103 cm³/mol. The standard InChI is InChI=1S/C19H21ClN2OS/c1-4-18(15-7-5-13(2)6-8-15)21-22-19(23)14(3)24-17-11-9-16(20)10-12-17/h5-12,14H,4H2,1-3H3,(H,22,23)/b21-18-/t14-/m0/s1. The number of thioether (sulfide) groups is 1. The van der Waals surface area contributed by atoms with Gasteiger partial charge in [-0.1, -0.05) is 48.4 Å². The highest BCUT2D eigenvalue weighted by Gasteiger charge is 2.14. The van der Waals surface area contributed by atoms with Crippen LogP contribution in [0.5, 0.6) is 0 Å². The molecular formula is C19H21ClN2OS. The number of nitrogens with one attached hydrogen (secondary N) is 1. The number of hydrogen-bond acceptors (Lipinski definition) is 3. The molecule has 1 atom stereocenters. The molecule has 0 heterocycles. The maximum Gasteiger partial charge on any atom is 0.253 e. The molecule has 5 heteroatoms. The van der Waals surface area contributed by atoms with Gasteiger partial charge in [0.15, 0.2) is 0 Å². The zero-order valence-electron chi connectivity index (χ0n) is 14.0. The number of nitrogens with zero attached hydrogens (tertiary/aromatic N) is 1. The summed E-state index contributed by atoms with van der Waals surface area (Å²) in [6, 6.07) is 15.6. The molecular weight excluding hydrogens is 340 g/mol. The van der Waals surface area contributed by atoms with E-state index in [2.05, 4.69) is 10.5 Å². The lowest BCUT2D eigenvalue weighted by molar-refractivity contribution is -0.120. The molecule has 0 aromatic heterocycles. The first-order valence-corrected chi connectivity index (χ1v) is 9.11. The van der Waals surface area contributed by atoms with Gasteiger partial charge in [-0.15, -0.1) is 11.8 Å². The average Bonchev–Trinajstić information content (AvgIpc) is 2.58. The molecule has 3 nitrogen and oxygen atoms in total. The van der Waals surface area contributed by atoms with E-state index in [1.54, 1.807) is 0 Å². The smallest absolute Gasteiger partial charge is 0.253 e. The highest BCUT2D eigenvalue weighted by atomic mass is 35.5. The normalized spacial score (nSPS) is 12.8. The molecule has 0 bridgehead atoms. The van der Waals surface area contributed by atoms with Crippen molar-refractivity contribution < 1.29 is 4.79 Å². The van der Waals surface area contributed by atoms with Crippen LogP contribution in [0.4, 0.5) is 0 Å². The quantitative estimate of drug-likeness (QED) is 0.444. The molecule has 2 rings (SSSR count). The molecule has 0 aliphatic heterocycles. The first-order chi connectivity index (χ1) is 11.5. The Morgan fingerprint density at radius 3 is 2.38 bits per heavy atom. The van der Waals surface area contributed by atoms with E-state index in [1.807, 2.05) is 69.3 Å². The number of carbonyl (C=O) groups excluding carboxylic acids is 1. The molecule has 0 saturated heterocycles. The SMILES string of the molecule is CC/C(=N/NC(=O)[C@H](C)Sc1ccc(Cl)cc1)c1ccc(C)cc1. The van der Waals surface area contributed by atoms with Crippen molar-refractivity contribution in [3.63, 3.8) is 0 Å². The summed E-state index contributed by atoms with van der Waals surface area (Å²) in [5, 5.41) is 4.74. The van der Waals surface area contributed by atoms with E-state index in [0.717, 1.165) is 22.6 Å². The molecule has 0 aliphatic carbocycles. The number of benzene rings is 2. The number of carbonyl (C=O) groups is 1. The maximum absolute atomic E-state index is 12.3. The van der Waals surface area contributed by atoms with Crippen LogP contribution in [-0.4, -0.2) is 16.9 Å². The Morgan fingerprint density at radius 2 is 1.79 bits per heavy atom. The van der Waals surface area contributed by atoms with Crippen LogP contribution in [0.2, 0.25) is 5.02 Å². The molecule has 0 spiro atoms. The molecule has 0 radical (unpaired) electrons. The molecule has 126 valence electrons. The fraction of sp³-hybridized carbons (Fsp3) is 0.263. The third kappa shape index (κ3) is 5.39. The summed E-state index contributed by atoms with van der Waals surface area (Å²) in [6.45, 7) is 5.93. The van der Waals surface area contributed by atoms with Gasteiger partial charge in [-0.25, -0.2) is 5.43 Å². The number of aryl methyl sites for hydroxylation is 1. The van der Waals surface area contributed by atoms with Crippen molar-refractivity contribution in [3.05, 3.63) is 64.7 Å². The molecule has 0 fully saturated rings. The molecule has 0 aliphatic rings. The van der Waals surface area contributed by atoms with Crippen LogP contribution >= 0.6 is 23.4 Å². The van der Waals surface area contributed by atoms with Crippen LogP contribution in [0.15, 0.2) is 58.5 Å². The summed E-state index contributed by atoms with van der Waals surface area (Å²) in [7, 11) is 0. The largest absolute Gasteiger partial charge is 0.272 e. The Morgan fingerprint density at radius 1 is 1.17 bits per heavy atom. The van der Waals surface area contributed by atoms with Crippen LogP contribution in [0.25, 0.3) is 0 Å². The monoisotopic (exact) mass is 360 g/mol. The summed E-state index contributed by atoms with van der Waals surface area (Å²) in [4.78, 5) is 13.3. The molecule has 0 saturated carbocycles. The van der Waals surface area contributed by atoms with E-state index >= 15 is 0 Å². The van der Waals surface area contributed by atoms with Gasteiger partial charge in [0.1, 0.15) is 0 Å². The molecule has 1 amide bonds. The Bertz CT molecular complexity index is 711. The maximum atomic E-state index is 12.3. The third-order valence-electron chi connectivity index (χ3n) is 3.52. The van der Waals surface area contributed by atoms with Crippen molar-refractivity contribution in [3.8, 4) is 0 Å². The van der Waals surface area contributed by atoms with Crippen LogP contribution in [-0.2, 0) is 4.79 Å². The zero-order valence-corrected chi connectivity index (χ0v) is 15.6. The fourth-order valence-corrected chi connectivity index (χ4v) is 3.07. The summed E-state index contributed by atoms with van der Waals surface area (Å²) in [6.07, 6.45) is 0.752. The van der Waals surface area contributed by atoms with Crippen LogP contribution < -0.4 is 5.43 Å². The van der Waals surface area contributed by atoms with E-state index in [4.69, 9.17) is 11.6 Å². The molecule has 24 heavy (non-hydrogen) atoms. The second kappa shape index (κ2) is 8.90. The van der Waals surface area contributed by atoms with Crippen molar-refractivity contribution >= 4 is 35.0 Å². The number of hydrazone groups is 1. The van der Waals surface area contributed by atoms with Gasteiger partial charge in [-0.05, 0) is 50.1 Å². The van der Waals surface area contributed by atoms with Crippen LogP contribution in [0, 0.1) is 6.92 Å². The van der Waals surface area contributed by atoms with Gasteiger partial charge in [0, 0.05) is 9.92 Å². The average molecular weight is 361 g/mol. The summed E-state index contributed by atoms with van der Waals surface area (Å²) in [5.41, 5.74) is 5.78. The van der Waals surface area contributed by atoms with Gasteiger partial charge in [0.2, 0.25) is 0 Å². The Hall–Kier alpha value is -1.78. The van der Waals surface area contributed by atoms with Crippen LogP contribution in [0.3, 0.4) is 0 Å².